The van der Waals surface area contributed by atoms with Gasteiger partial charge in [-0.15, -0.1) is 0 Å². The van der Waals surface area contributed by atoms with E-state index in [1.165, 1.54) is 12.1 Å². The topological polar surface area (TPSA) is 27.0 Å². The second-order valence-electron chi connectivity index (χ2n) is 4.61. The fourth-order valence-corrected chi connectivity index (χ4v) is 1.96. The van der Waals surface area contributed by atoms with Crippen molar-refractivity contribution in [1.29, 1.82) is 5.26 Å². The van der Waals surface area contributed by atoms with Gasteiger partial charge in [0.1, 0.15) is 5.82 Å². The fraction of sp³-hybridized carbons (Fsp3) is 0.533. The first kappa shape index (κ1) is 14.5. The van der Waals surface area contributed by atoms with Gasteiger partial charge in [0.15, 0.2) is 0 Å². The quantitative estimate of drug-likeness (QED) is 0.757. The van der Waals surface area contributed by atoms with Crippen molar-refractivity contribution in [3.8, 4) is 6.07 Å². The monoisotopic (exact) mass is 248 g/mol. The van der Waals surface area contributed by atoms with Crippen LogP contribution in [-0.4, -0.2) is 12.6 Å². The van der Waals surface area contributed by atoms with Crippen LogP contribution in [0, 0.1) is 17.1 Å². The van der Waals surface area contributed by atoms with E-state index in [1.807, 2.05) is 6.07 Å². The highest BCUT2D eigenvalue weighted by Crippen LogP contribution is 2.22. The predicted molar refractivity (Wildman–Crippen MR) is 73.1 cm³/mol. The molecule has 0 saturated heterocycles. The van der Waals surface area contributed by atoms with E-state index in [-0.39, 0.29) is 5.82 Å². The van der Waals surface area contributed by atoms with Crippen LogP contribution >= 0.6 is 0 Å². The number of unbranched alkanes of at least 4 members (excludes halogenated alkanes) is 1. The molecule has 0 spiro atoms. The molecule has 1 atom stereocenters. The van der Waals surface area contributed by atoms with Crippen LogP contribution in [0.15, 0.2) is 18.2 Å². The number of nitriles is 1. The molecule has 0 fully saturated rings. The molecule has 0 aliphatic rings. The lowest BCUT2D eigenvalue weighted by atomic mass is 10.1. The van der Waals surface area contributed by atoms with Gasteiger partial charge >= 0.3 is 0 Å². The molecule has 3 heteroatoms. The zero-order valence-corrected chi connectivity index (χ0v) is 11.4. The van der Waals surface area contributed by atoms with Crippen LogP contribution in [0.25, 0.3) is 0 Å². The van der Waals surface area contributed by atoms with Gasteiger partial charge in [0.2, 0.25) is 0 Å². The highest BCUT2D eigenvalue weighted by atomic mass is 19.1. The van der Waals surface area contributed by atoms with Crippen LogP contribution in [0.1, 0.15) is 45.6 Å². The molecule has 18 heavy (non-hydrogen) atoms. The molecular weight excluding hydrogens is 227 g/mol. The SMILES string of the molecule is CCCCN(c1cc(F)cc(C#N)c1)C(C)CC. The maximum atomic E-state index is 13.5. The molecular formula is C15H21FN2. The summed E-state index contributed by atoms with van der Waals surface area (Å²) in [6, 6.07) is 6.92. The van der Waals surface area contributed by atoms with Gasteiger partial charge in [-0.25, -0.2) is 4.39 Å². The molecule has 0 heterocycles. The largest absolute Gasteiger partial charge is 0.369 e. The number of nitrogens with zero attached hydrogens (tertiary/aromatic N) is 2. The van der Waals surface area contributed by atoms with Crippen molar-refractivity contribution in [2.24, 2.45) is 0 Å². The lowest BCUT2D eigenvalue weighted by Crippen LogP contribution is -2.33. The molecule has 0 aliphatic carbocycles. The van der Waals surface area contributed by atoms with Crippen molar-refractivity contribution >= 4 is 5.69 Å². The number of hydrogen-bond acceptors (Lipinski definition) is 2. The van der Waals surface area contributed by atoms with Crippen molar-refractivity contribution in [2.75, 3.05) is 11.4 Å². The summed E-state index contributed by atoms with van der Waals surface area (Å²) < 4.78 is 13.5. The molecule has 2 nitrogen and oxygen atoms in total. The lowest BCUT2D eigenvalue weighted by Gasteiger charge is -2.31. The zero-order valence-electron chi connectivity index (χ0n) is 11.4. The van der Waals surface area contributed by atoms with E-state index in [0.717, 1.165) is 31.5 Å². The summed E-state index contributed by atoms with van der Waals surface area (Å²) in [6.45, 7) is 7.29. The van der Waals surface area contributed by atoms with Crippen molar-refractivity contribution in [3.05, 3.63) is 29.6 Å². The lowest BCUT2D eigenvalue weighted by molar-refractivity contribution is 0.588. The molecule has 98 valence electrons. The molecule has 0 N–H and O–H groups in total. The Morgan fingerprint density at radius 1 is 1.33 bits per heavy atom. The third kappa shape index (κ3) is 3.73. The minimum Gasteiger partial charge on any atom is -0.369 e. The van der Waals surface area contributed by atoms with Gasteiger partial charge < -0.3 is 4.90 Å². The van der Waals surface area contributed by atoms with E-state index in [2.05, 4.69) is 25.7 Å². The second kappa shape index (κ2) is 7.00. The molecule has 0 amide bonds. The van der Waals surface area contributed by atoms with Crippen LogP contribution in [-0.2, 0) is 0 Å². The van der Waals surface area contributed by atoms with Gasteiger partial charge in [0, 0.05) is 18.3 Å². The maximum absolute atomic E-state index is 13.5. The van der Waals surface area contributed by atoms with Crippen LogP contribution in [0.2, 0.25) is 0 Å². The normalized spacial score (nSPS) is 11.9. The highest BCUT2D eigenvalue weighted by Gasteiger charge is 2.14. The van der Waals surface area contributed by atoms with E-state index >= 15 is 0 Å². The van der Waals surface area contributed by atoms with Crippen molar-refractivity contribution in [3.63, 3.8) is 0 Å². The van der Waals surface area contributed by atoms with E-state index in [9.17, 15) is 4.39 Å². The van der Waals surface area contributed by atoms with Crippen LogP contribution in [0.3, 0.4) is 0 Å². The van der Waals surface area contributed by atoms with Gasteiger partial charge in [-0.2, -0.15) is 5.26 Å². The maximum Gasteiger partial charge on any atom is 0.126 e. The van der Waals surface area contributed by atoms with Gasteiger partial charge in [-0.3, -0.25) is 0 Å². The standard InChI is InChI=1S/C15H21FN2/c1-4-6-7-18(12(3)5-2)15-9-13(11-17)8-14(16)10-15/h8-10,12H,4-7H2,1-3H3. The second-order valence-corrected chi connectivity index (χ2v) is 4.61. The molecule has 0 bridgehead atoms. The van der Waals surface area contributed by atoms with E-state index < -0.39 is 0 Å². The molecule has 0 saturated carbocycles. The molecule has 0 radical (unpaired) electrons. The van der Waals surface area contributed by atoms with Crippen LogP contribution in [0.5, 0.6) is 0 Å². The Labute approximate surface area is 109 Å². The zero-order chi connectivity index (χ0) is 13.5. The van der Waals surface area contributed by atoms with Gasteiger partial charge in [0.05, 0.1) is 11.6 Å². The van der Waals surface area contributed by atoms with Crippen LogP contribution in [0.4, 0.5) is 10.1 Å². The number of hydrogen-bond donors (Lipinski definition) is 0. The molecule has 1 unspecified atom stereocenters. The fourth-order valence-electron chi connectivity index (χ4n) is 1.96. The van der Waals surface area contributed by atoms with Crippen molar-refractivity contribution in [2.45, 2.75) is 46.1 Å². The Morgan fingerprint density at radius 2 is 2.06 bits per heavy atom. The number of anilines is 1. The minimum absolute atomic E-state index is 0.339. The third-order valence-corrected chi connectivity index (χ3v) is 3.22. The van der Waals surface area contributed by atoms with Gasteiger partial charge in [0.25, 0.3) is 0 Å². The smallest absolute Gasteiger partial charge is 0.126 e. The summed E-state index contributed by atoms with van der Waals surface area (Å²) in [5.41, 5.74) is 1.20. The Hall–Kier alpha value is -1.56. The van der Waals surface area contributed by atoms with Crippen LogP contribution < -0.4 is 4.90 Å². The number of rotatable bonds is 6. The van der Waals surface area contributed by atoms with Gasteiger partial charge in [-0.1, -0.05) is 20.3 Å². The molecule has 0 aliphatic heterocycles. The molecule has 1 rings (SSSR count). The van der Waals surface area contributed by atoms with Crippen molar-refractivity contribution < 1.29 is 4.39 Å². The van der Waals surface area contributed by atoms with E-state index in [1.54, 1.807) is 6.07 Å². The summed E-state index contributed by atoms with van der Waals surface area (Å²) in [5, 5.41) is 8.90. The average Bonchev–Trinajstić information content (AvgIpc) is 2.38. The molecule has 1 aromatic carbocycles. The molecule has 0 aromatic heterocycles. The predicted octanol–water partition coefficient (Wildman–Crippen LogP) is 4.10. The van der Waals surface area contributed by atoms with E-state index in [0.29, 0.717) is 11.6 Å². The Kier molecular flexibility index (Phi) is 5.64. The number of halogens is 1. The number of benzene rings is 1. The summed E-state index contributed by atoms with van der Waals surface area (Å²) >= 11 is 0. The minimum atomic E-state index is -0.339. The van der Waals surface area contributed by atoms with Crippen molar-refractivity contribution in [1.82, 2.24) is 0 Å². The summed E-state index contributed by atoms with van der Waals surface area (Å²) in [5.74, 6) is -0.339. The summed E-state index contributed by atoms with van der Waals surface area (Å²) in [6.07, 6.45) is 3.18. The first-order valence-corrected chi connectivity index (χ1v) is 6.59. The van der Waals surface area contributed by atoms with Gasteiger partial charge in [-0.05, 0) is 38.0 Å². The first-order chi connectivity index (χ1) is 8.62. The highest BCUT2D eigenvalue weighted by molar-refractivity contribution is 5.52. The third-order valence-electron chi connectivity index (χ3n) is 3.22. The first-order valence-electron chi connectivity index (χ1n) is 6.59. The average molecular weight is 248 g/mol. The summed E-state index contributed by atoms with van der Waals surface area (Å²) in [7, 11) is 0. The Balaban J connectivity index is 3.04. The Morgan fingerprint density at radius 3 is 2.61 bits per heavy atom. The molecule has 1 aromatic rings. The Bertz CT molecular complexity index is 423. The summed E-state index contributed by atoms with van der Waals surface area (Å²) in [4.78, 5) is 2.19. The van der Waals surface area contributed by atoms with E-state index in [4.69, 9.17) is 5.26 Å².